The van der Waals surface area contributed by atoms with Crippen LogP contribution in [-0.2, 0) is 0 Å². The standard InChI is InChI=1S/C22H27F3N4O/c1-14-8-10-15(11-9-14)17-12-19(22(23,24)25)29-20(26-17)13-18(27-29)21(30)28(2)16-6-4-3-5-7-16/h8-11,13,16-17,19,26H,3-7,12H2,1-2H3/t17-,19-/m0/s1. The summed E-state index contributed by atoms with van der Waals surface area (Å²) in [5.74, 6) is -0.0899. The SMILES string of the molecule is Cc1ccc([C@@H]2C[C@@H](C(F)(F)F)n3nc(C(=O)N(C)C4CCCCC4)cc3N2)cc1. The van der Waals surface area contributed by atoms with Crippen LogP contribution in [0, 0.1) is 6.92 Å². The van der Waals surface area contributed by atoms with E-state index in [9.17, 15) is 18.0 Å². The van der Waals surface area contributed by atoms with Gasteiger partial charge in [-0.15, -0.1) is 0 Å². The number of rotatable bonds is 3. The highest BCUT2D eigenvalue weighted by molar-refractivity contribution is 5.93. The molecule has 1 amide bonds. The maximum Gasteiger partial charge on any atom is 0.410 e. The molecule has 0 radical (unpaired) electrons. The van der Waals surface area contributed by atoms with E-state index in [4.69, 9.17) is 0 Å². The van der Waals surface area contributed by atoms with Gasteiger partial charge in [0.05, 0.1) is 6.04 Å². The number of aryl methyl sites for hydroxylation is 1. The molecule has 0 bridgehead atoms. The Bertz CT molecular complexity index is 900. The number of anilines is 1. The Hall–Kier alpha value is -2.51. The van der Waals surface area contributed by atoms with Gasteiger partial charge in [0.15, 0.2) is 11.7 Å². The fraction of sp³-hybridized carbons (Fsp3) is 0.545. The normalized spacial score (nSPS) is 22.3. The second-order valence-electron chi connectivity index (χ2n) is 8.47. The fourth-order valence-electron chi connectivity index (χ4n) is 4.51. The molecule has 0 saturated heterocycles. The van der Waals surface area contributed by atoms with Crippen LogP contribution in [0.1, 0.15) is 72.2 Å². The highest BCUT2D eigenvalue weighted by Gasteiger charge is 2.47. The minimum atomic E-state index is -4.46. The molecule has 2 aliphatic rings. The third kappa shape index (κ3) is 4.04. The summed E-state index contributed by atoms with van der Waals surface area (Å²) < 4.78 is 42.5. The van der Waals surface area contributed by atoms with Gasteiger partial charge in [0.1, 0.15) is 5.82 Å². The van der Waals surface area contributed by atoms with Crippen molar-refractivity contribution in [2.45, 2.75) is 69.8 Å². The second kappa shape index (κ2) is 7.96. The van der Waals surface area contributed by atoms with Gasteiger partial charge in [-0.3, -0.25) is 4.79 Å². The van der Waals surface area contributed by atoms with Gasteiger partial charge in [0.2, 0.25) is 0 Å². The van der Waals surface area contributed by atoms with Gasteiger partial charge in [-0.05, 0) is 25.3 Å². The number of nitrogens with zero attached hydrogens (tertiary/aromatic N) is 3. The molecule has 8 heteroatoms. The van der Waals surface area contributed by atoms with E-state index in [0.717, 1.165) is 47.9 Å². The van der Waals surface area contributed by atoms with Crippen LogP contribution in [0.5, 0.6) is 0 Å². The molecular formula is C22H27F3N4O. The van der Waals surface area contributed by atoms with Gasteiger partial charge in [0, 0.05) is 25.6 Å². The van der Waals surface area contributed by atoms with Crippen LogP contribution in [0.2, 0.25) is 0 Å². The van der Waals surface area contributed by atoms with Crippen molar-refractivity contribution in [2.75, 3.05) is 12.4 Å². The summed E-state index contributed by atoms with van der Waals surface area (Å²) in [5.41, 5.74) is 1.89. The third-order valence-corrected chi connectivity index (χ3v) is 6.33. The molecule has 1 aliphatic heterocycles. The maximum absolute atomic E-state index is 13.8. The first kappa shape index (κ1) is 20.8. The van der Waals surface area contributed by atoms with Crippen molar-refractivity contribution in [3.05, 3.63) is 47.2 Å². The highest BCUT2D eigenvalue weighted by atomic mass is 19.4. The van der Waals surface area contributed by atoms with E-state index < -0.39 is 18.3 Å². The molecular weight excluding hydrogens is 393 g/mol. The first-order valence-electron chi connectivity index (χ1n) is 10.5. The number of nitrogens with one attached hydrogen (secondary N) is 1. The summed E-state index contributed by atoms with van der Waals surface area (Å²) in [6.45, 7) is 1.94. The Morgan fingerprint density at radius 3 is 2.47 bits per heavy atom. The summed E-state index contributed by atoms with van der Waals surface area (Å²) in [6.07, 6.45) is 0.517. The van der Waals surface area contributed by atoms with Crippen LogP contribution >= 0.6 is 0 Å². The smallest absolute Gasteiger partial charge is 0.363 e. The molecule has 1 fully saturated rings. The number of carbonyl (C=O) groups excluding carboxylic acids is 1. The summed E-state index contributed by atoms with van der Waals surface area (Å²) >= 11 is 0. The van der Waals surface area contributed by atoms with E-state index in [1.54, 1.807) is 11.9 Å². The van der Waals surface area contributed by atoms with Gasteiger partial charge in [-0.1, -0.05) is 49.1 Å². The van der Waals surface area contributed by atoms with E-state index in [1.165, 1.54) is 6.07 Å². The molecule has 4 rings (SSSR count). The number of hydrogen-bond donors (Lipinski definition) is 1. The van der Waals surface area contributed by atoms with Gasteiger partial charge in [0.25, 0.3) is 5.91 Å². The van der Waals surface area contributed by atoms with E-state index in [-0.39, 0.29) is 29.9 Å². The number of hydrogen-bond acceptors (Lipinski definition) is 3. The predicted octanol–water partition coefficient (Wildman–Crippen LogP) is 5.26. The lowest BCUT2D eigenvalue weighted by Crippen LogP contribution is -2.38. The van der Waals surface area contributed by atoms with Gasteiger partial charge >= 0.3 is 6.18 Å². The molecule has 0 spiro atoms. The Kier molecular flexibility index (Phi) is 5.51. The minimum Gasteiger partial charge on any atom is -0.363 e. The predicted molar refractivity (Wildman–Crippen MR) is 108 cm³/mol. The molecule has 1 N–H and O–H groups in total. The monoisotopic (exact) mass is 420 g/mol. The van der Waals surface area contributed by atoms with E-state index in [1.807, 2.05) is 31.2 Å². The number of fused-ring (bicyclic) bond motifs is 1. The zero-order chi connectivity index (χ0) is 21.5. The van der Waals surface area contributed by atoms with E-state index in [2.05, 4.69) is 10.4 Å². The van der Waals surface area contributed by atoms with Crippen molar-refractivity contribution < 1.29 is 18.0 Å². The van der Waals surface area contributed by atoms with Crippen LogP contribution in [0.25, 0.3) is 0 Å². The summed E-state index contributed by atoms with van der Waals surface area (Å²) in [4.78, 5) is 14.6. The lowest BCUT2D eigenvalue weighted by molar-refractivity contribution is -0.173. The Morgan fingerprint density at radius 1 is 1.17 bits per heavy atom. The van der Waals surface area contributed by atoms with Crippen molar-refractivity contribution in [2.24, 2.45) is 0 Å². The maximum atomic E-state index is 13.8. The summed E-state index contributed by atoms with van der Waals surface area (Å²) in [7, 11) is 1.72. The Labute approximate surface area is 174 Å². The van der Waals surface area contributed by atoms with Crippen LogP contribution in [0.4, 0.5) is 19.0 Å². The number of carbonyl (C=O) groups is 1. The third-order valence-electron chi connectivity index (χ3n) is 6.33. The Morgan fingerprint density at radius 2 is 1.83 bits per heavy atom. The van der Waals surface area contributed by atoms with Crippen LogP contribution in [-0.4, -0.2) is 39.9 Å². The van der Waals surface area contributed by atoms with E-state index in [0.29, 0.717) is 0 Å². The zero-order valence-corrected chi connectivity index (χ0v) is 17.2. The molecule has 1 saturated carbocycles. The average molecular weight is 420 g/mol. The highest BCUT2D eigenvalue weighted by Crippen LogP contribution is 2.43. The van der Waals surface area contributed by atoms with Gasteiger partial charge in [-0.2, -0.15) is 18.3 Å². The van der Waals surface area contributed by atoms with Crippen molar-refractivity contribution in [3.8, 4) is 0 Å². The molecule has 1 aromatic heterocycles. The largest absolute Gasteiger partial charge is 0.410 e. The first-order valence-corrected chi connectivity index (χ1v) is 10.5. The lowest BCUT2D eigenvalue weighted by Gasteiger charge is -2.33. The molecule has 1 aliphatic carbocycles. The van der Waals surface area contributed by atoms with Crippen LogP contribution in [0.3, 0.4) is 0 Å². The topological polar surface area (TPSA) is 50.2 Å². The number of aromatic nitrogens is 2. The first-order chi connectivity index (χ1) is 14.2. The van der Waals surface area contributed by atoms with Crippen LogP contribution < -0.4 is 5.32 Å². The van der Waals surface area contributed by atoms with E-state index >= 15 is 0 Å². The number of alkyl halides is 3. The van der Waals surface area contributed by atoms with Crippen LogP contribution in [0.15, 0.2) is 30.3 Å². The summed E-state index contributed by atoms with van der Waals surface area (Å²) in [6, 6.07) is 6.77. The average Bonchev–Trinajstić information content (AvgIpc) is 3.16. The zero-order valence-electron chi connectivity index (χ0n) is 17.2. The second-order valence-corrected chi connectivity index (χ2v) is 8.47. The van der Waals surface area contributed by atoms with Crippen molar-refractivity contribution in [1.29, 1.82) is 0 Å². The number of amides is 1. The van der Waals surface area contributed by atoms with Crippen molar-refractivity contribution in [3.63, 3.8) is 0 Å². The molecule has 30 heavy (non-hydrogen) atoms. The molecule has 1 aromatic carbocycles. The molecule has 0 unspecified atom stereocenters. The fourth-order valence-corrected chi connectivity index (χ4v) is 4.51. The van der Waals surface area contributed by atoms with Gasteiger partial charge in [-0.25, -0.2) is 4.68 Å². The number of halogens is 3. The Balaban J connectivity index is 1.62. The minimum absolute atomic E-state index is 0.0596. The van der Waals surface area contributed by atoms with Gasteiger partial charge < -0.3 is 10.2 Å². The number of benzene rings is 1. The molecule has 5 nitrogen and oxygen atoms in total. The summed E-state index contributed by atoms with van der Waals surface area (Å²) in [5, 5.41) is 7.26. The quantitative estimate of drug-likeness (QED) is 0.737. The van der Waals surface area contributed by atoms with Crippen molar-refractivity contribution >= 4 is 11.7 Å². The lowest BCUT2D eigenvalue weighted by atomic mass is 9.94. The molecule has 162 valence electrons. The molecule has 2 aromatic rings. The molecule has 2 atom stereocenters. The molecule has 2 heterocycles. The van der Waals surface area contributed by atoms with Crippen molar-refractivity contribution in [1.82, 2.24) is 14.7 Å².